The van der Waals surface area contributed by atoms with Gasteiger partial charge in [-0.3, -0.25) is 0 Å². The van der Waals surface area contributed by atoms with Crippen LogP contribution in [0.1, 0.15) is 19.4 Å². The van der Waals surface area contributed by atoms with Crippen LogP contribution >= 0.6 is 11.6 Å². The highest BCUT2D eigenvalue weighted by molar-refractivity contribution is 7.83. The van der Waals surface area contributed by atoms with Crippen molar-refractivity contribution in [1.82, 2.24) is 4.72 Å². The third-order valence-electron chi connectivity index (χ3n) is 2.82. The SMILES string of the molecule is CC.CNS(=O)c1ccc(Cl)c(-c2cccc(C)c2F)c1. The van der Waals surface area contributed by atoms with E-state index in [1.54, 1.807) is 50.4 Å². The quantitative estimate of drug-likeness (QED) is 0.868. The van der Waals surface area contributed by atoms with E-state index in [1.165, 1.54) is 0 Å². The van der Waals surface area contributed by atoms with Crippen molar-refractivity contribution in [2.75, 3.05) is 7.05 Å². The van der Waals surface area contributed by atoms with Gasteiger partial charge in [0.25, 0.3) is 0 Å². The first-order valence-corrected chi connectivity index (χ1v) is 8.21. The fourth-order valence-corrected chi connectivity index (χ4v) is 2.67. The molecule has 0 heterocycles. The monoisotopic (exact) mass is 327 g/mol. The van der Waals surface area contributed by atoms with Gasteiger partial charge in [-0.1, -0.05) is 43.6 Å². The van der Waals surface area contributed by atoms with Gasteiger partial charge in [0, 0.05) is 16.1 Å². The van der Waals surface area contributed by atoms with Gasteiger partial charge in [0.15, 0.2) is 0 Å². The molecule has 0 bridgehead atoms. The average Bonchev–Trinajstić information content (AvgIpc) is 2.52. The summed E-state index contributed by atoms with van der Waals surface area (Å²) in [5.41, 5.74) is 1.51. The van der Waals surface area contributed by atoms with E-state index in [9.17, 15) is 8.60 Å². The van der Waals surface area contributed by atoms with Crippen molar-refractivity contribution in [2.24, 2.45) is 0 Å². The Morgan fingerprint density at radius 1 is 1.14 bits per heavy atom. The van der Waals surface area contributed by atoms with E-state index in [4.69, 9.17) is 11.6 Å². The van der Waals surface area contributed by atoms with E-state index in [1.807, 2.05) is 13.8 Å². The Bertz CT molecular complexity index is 646. The van der Waals surface area contributed by atoms with Gasteiger partial charge < -0.3 is 0 Å². The summed E-state index contributed by atoms with van der Waals surface area (Å²) in [7, 11) is 0.269. The van der Waals surface area contributed by atoms with Crippen LogP contribution in [-0.4, -0.2) is 11.3 Å². The number of hydrogen-bond acceptors (Lipinski definition) is 1. The van der Waals surface area contributed by atoms with Crippen LogP contribution in [-0.2, 0) is 11.0 Å². The second kappa shape index (κ2) is 8.27. The Kier molecular flexibility index (Phi) is 7.02. The molecule has 0 aliphatic rings. The van der Waals surface area contributed by atoms with Crippen molar-refractivity contribution in [3.05, 3.63) is 52.8 Å². The zero-order valence-electron chi connectivity index (χ0n) is 12.5. The first-order chi connectivity index (χ1) is 10.0. The molecule has 1 N–H and O–H groups in total. The first kappa shape index (κ1) is 17.8. The molecule has 2 aromatic carbocycles. The summed E-state index contributed by atoms with van der Waals surface area (Å²) in [5.74, 6) is -0.309. The normalized spacial score (nSPS) is 11.5. The number of nitrogens with one attached hydrogen (secondary N) is 1. The van der Waals surface area contributed by atoms with Gasteiger partial charge in [0.1, 0.15) is 16.8 Å². The zero-order chi connectivity index (χ0) is 16.0. The van der Waals surface area contributed by atoms with Crippen molar-refractivity contribution in [3.63, 3.8) is 0 Å². The highest BCUT2D eigenvalue weighted by Gasteiger charge is 2.13. The van der Waals surface area contributed by atoms with Crippen LogP contribution in [0.15, 0.2) is 41.3 Å². The smallest absolute Gasteiger partial charge is 0.133 e. The largest absolute Gasteiger partial charge is 0.238 e. The van der Waals surface area contributed by atoms with E-state index < -0.39 is 11.0 Å². The van der Waals surface area contributed by atoms with E-state index in [-0.39, 0.29) is 5.82 Å². The molecule has 2 aromatic rings. The van der Waals surface area contributed by atoms with Gasteiger partial charge in [0.05, 0.1) is 4.90 Å². The van der Waals surface area contributed by atoms with Gasteiger partial charge in [-0.25, -0.2) is 13.3 Å². The van der Waals surface area contributed by atoms with E-state index in [0.717, 1.165) is 0 Å². The standard InChI is InChI=1S/C14H13ClFNOS.C2H6/c1-9-4-3-5-11(14(9)16)12-8-10(19(18)17-2)6-7-13(12)15;1-2/h3-8,17H,1-2H3;1-2H3. The summed E-state index contributed by atoms with van der Waals surface area (Å²) in [4.78, 5) is 0.558. The summed E-state index contributed by atoms with van der Waals surface area (Å²) < 4.78 is 28.5. The van der Waals surface area contributed by atoms with Crippen molar-refractivity contribution < 1.29 is 8.60 Å². The van der Waals surface area contributed by atoms with Crippen LogP contribution in [0.5, 0.6) is 0 Å². The molecule has 0 aliphatic heterocycles. The Labute approximate surface area is 132 Å². The summed E-state index contributed by atoms with van der Waals surface area (Å²) >= 11 is 6.12. The number of halogens is 2. The lowest BCUT2D eigenvalue weighted by Crippen LogP contribution is -2.10. The van der Waals surface area contributed by atoms with Crippen LogP contribution < -0.4 is 4.72 Å². The minimum Gasteiger partial charge on any atom is -0.238 e. The molecule has 1 unspecified atom stereocenters. The molecule has 5 heteroatoms. The second-order valence-electron chi connectivity index (χ2n) is 4.05. The Morgan fingerprint density at radius 2 is 1.81 bits per heavy atom. The Morgan fingerprint density at radius 3 is 2.43 bits per heavy atom. The van der Waals surface area contributed by atoms with Crippen LogP contribution in [0.3, 0.4) is 0 Å². The van der Waals surface area contributed by atoms with Crippen molar-refractivity contribution in [1.29, 1.82) is 0 Å². The lowest BCUT2D eigenvalue weighted by atomic mass is 10.0. The molecule has 2 rings (SSSR count). The Hall–Kier alpha value is -1.23. The summed E-state index contributed by atoms with van der Waals surface area (Å²) in [6, 6.07) is 10.1. The molecule has 21 heavy (non-hydrogen) atoms. The van der Waals surface area contributed by atoms with Crippen LogP contribution in [0, 0.1) is 12.7 Å². The van der Waals surface area contributed by atoms with Crippen molar-refractivity contribution in [3.8, 4) is 11.1 Å². The lowest BCUT2D eigenvalue weighted by Gasteiger charge is -2.09. The molecule has 0 spiro atoms. The molecule has 0 amide bonds. The van der Waals surface area contributed by atoms with Crippen LogP contribution in [0.4, 0.5) is 4.39 Å². The van der Waals surface area contributed by atoms with Gasteiger partial charge >= 0.3 is 0 Å². The topological polar surface area (TPSA) is 29.1 Å². The summed E-state index contributed by atoms with van der Waals surface area (Å²) in [6.07, 6.45) is 0. The fourth-order valence-electron chi connectivity index (χ4n) is 1.80. The Balaban J connectivity index is 0.00000106. The highest BCUT2D eigenvalue weighted by Crippen LogP contribution is 2.32. The van der Waals surface area contributed by atoms with Crippen molar-refractivity contribution >= 4 is 22.6 Å². The highest BCUT2D eigenvalue weighted by atomic mass is 35.5. The number of benzene rings is 2. The average molecular weight is 328 g/mol. The first-order valence-electron chi connectivity index (χ1n) is 6.68. The molecule has 0 aliphatic carbocycles. The predicted molar refractivity (Wildman–Crippen MR) is 88.4 cm³/mol. The van der Waals surface area contributed by atoms with E-state index in [0.29, 0.717) is 26.6 Å². The van der Waals surface area contributed by atoms with Gasteiger partial charge in [-0.2, -0.15) is 0 Å². The third kappa shape index (κ3) is 4.13. The number of rotatable bonds is 3. The van der Waals surface area contributed by atoms with Crippen LogP contribution in [0.25, 0.3) is 11.1 Å². The predicted octanol–water partition coefficient (Wildman–Crippen LogP) is 4.72. The molecule has 0 saturated carbocycles. The summed E-state index contributed by atoms with van der Waals surface area (Å²) in [6.45, 7) is 5.70. The maximum Gasteiger partial charge on any atom is 0.133 e. The third-order valence-corrected chi connectivity index (χ3v) is 4.20. The molecule has 2 nitrogen and oxygen atoms in total. The molecule has 0 fully saturated rings. The lowest BCUT2D eigenvalue weighted by molar-refractivity contribution is 0.622. The minimum absolute atomic E-state index is 0.309. The maximum absolute atomic E-state index is 14.1. The van der Waals surface area contributed by atoms with Crippen LogP contribution in [0.2, 0.25) is 5.02 Å². The molecule has 0 aromatic heterocycles. The second-order valence-corrected chi connectivity index (χ2v) is 5.88. The van der Waals surface area contributed by atoms with Gasteiger partial charge in [-0.15, -0.1) is 0 Å². The fraction of sp³-hybridized carbons (Fsp3) is 0.250. The van der Waals surface area contributed by atoms with Gasteiger partial charge in [-0.05, 0) is 37.7 Å². The van der Waals surface area contributed by atoms with E-state index in [2.05, 4.69) is 4.72 Å². The molecule has 114 valence electrons. The molecule has 1 atom stereocenters. The zero-order valence-corrected chi connectivity index (χ0v) is 14.1. The molecule has 0 radical (unpaired) electrons. The number of hydrogen-bond donors (Lipinski definition) is 1. The maximum atomic E-state index is 14.1. The molecule has 0 saturated heterocycles. The number of aryl methyl sites for hydroxylation is 1. The van der Waals surface area contributed by atoms with Crippen molar-refractivity contribution in [2.45, 2.75) is 25.7 Å². The molecular formula is C16H19ClFNOS. The van der Waals surface area contributed by atoms with Gasteiger partial charge in [0.2, 0.25) is 0 Å². The molecular weight excluding hydrogens is 309 g/mol. The van der Waals surface area contributed by atoms with E-state index >= 15 is 0 Å². The summed E-state index contributed by atoms with van der Waals surface area (Å²) in [5, 5.41) is 0.432. The minimum atomic E-state index is -1.33.